The van der Waals surface area contributed by atoms with Crippen LogP contribution in [-0.4, -0.2) is 19.7 Å². The smallest absolute Gasteiger partial charge is 0.175 e. The van der Waals surface area contributed by atoms with Crippen molar-refractivity contribution in [3.05, 3.63) is 47.0 Å². The molecule has 2 aromatic heterocycles. The van der Waals surface area contributed by atoms with Gasteiger partial charge < -0.3 is 0 Å². The standard InChI is InChI=1S/C11H6Cl2N4/c12-10-5-9(11(13)16-15-10)17-6-14-7-3-1-2-4-8(7)17/h1-6H. The van der Waals surface area contributed by atoms with Crippen LogP contribution in [0.5, 0.6) is 0 Å². The van der Waals surface area contributed by atoms with Crippen molar-refractivity contribution in [1.82, 2.24) is 19.7 Å². The third kappa shape index (κ3) is 1.75. The topological polar surface area (TPSA) is 43.6 Å². The average molecular weight is 265 g/mol. The summed E-state index contributed by atoms with van der Waals surface area (Å²) in [4.78, 5) is 4.28. The van der Waals surface area contributed by atoms with Gasteiger partial charge in [-0.2, -0.15) is 0 Å². The Labute approximate surface area is 107 Å². The fraction of sp³-hybridized carbons (Fsp3) is 0. The van der Waals surface area contributed by atoms with Crippen molar-refractivity contribution in [2.45, 2.75) is 0 Å². The van der Waals surface area contributed by atoms with Crippen LogP contribution in [0.2, 0.25) is 10.3 Å². The van der Waals surface area contributed by atoms with E-state index >= 15 is 0 Å². The molecule has 0 atom stereocenters. The molecule has 84 valence electrons. The number of benzene rings is 1. The monoisotopic (exact) mass is 264 g/mol. The number of rotatable bonds is 1. The summed E-state index contributed by atoms with van der Waals surface area (Å²) in [6.45, 7) is 0. The molecule has 0 aliphatic heterocycles. The minimum absolute atomic E-state index is 0.289. The minimum atomic E-state index is 0.289. The van der Waals surface area contributed by atoms with E-state index < -0.39 is 0 Å². The molecule has 0 radical (unpaired) electrons. The van der Waals surface area contributed by atoms with E-state index in [1.54, 1.807) is 12.4 Å². The SMILES string of the molecule is Clc1cc(-n2cnc3ccccc32)c(Cl)nn1. The highest BCUT2D eigenvalue weighted by Crippen LogP contribution is 2.24. The Morgan fingerprint density at radius 1 is 1.06 bits per heavy atom. The van der Waals surface area contributed by atoms with Gasteiger partial charge in [-0.3, -0.25) is 4.57 Å². The summed E-state index contributed by atoms with van der Waals surface area (Å²) in [6, 6.07) is 9.40. The maximum atomic E-state index is 6.01. The number of halogens is 2. The lowest BCUT2D eigenvalue weighted by Gasteiger charge is -2.05. The van der Waals surface area contributed by atoms with Crippen LogP contribution in [0, 0.1) is 0 Å². The summed E-state index contributed by atoms with van der Waals surface area (Å²) in [5.41, 5.74) is 2.50. The fourth-order valence-electron chi connectivity index (χ4n) is 1.66. The number of hydrogen-bond donors (Lipinski definition) is 0. The second-order valence-electron chi connectivity index (χ2n) is 3.45. The predicted octanol–water partition coefficient (Wildman–Crippen LogP) is 3.12. The third-order valence-corrected chi connectivity index (χ3v) is 2.87. The van der Waals surface area contributed by atoms with E-state index in [1.165, 1.54) is 0 Å². The molecule has 0 amide bonds. The van der Waals surface area contributed by atoms with Crippen molar-refractivity contribution in [2.24, 2.45) is 0 Å². The molecule has 0 spiro atoms. The third-order valence-electron chi connectivity index (χ3n) is 2.41. The molecule has 4 nitrogen and oxygen atoms in total. The van der Waals surface area contributed by atoms with Crippen LogP contribution in [-0.2, 0) is 0 Å². The molecular weight excluding hydrogens is 259 g/mol. The molecule has 0 unspecified atom stereocenters. The normalized spacial score (nSPS) is 10.9. The molecule has 3 rings (SSSR count). The van der Waals surface area contributed by atoms with Gasteiger partial charge in [-0.15, -0.1) is 10.2 Å². The molecule has 0 N–H and O–H groups in total. The van der Waals surface area contributed by atoms with Gasteiger partial charge in [0.25, 0.3) is 0 Å². The first-order valence-corrected chi connectivity index (χ1v) is 5.62. The summed E-state index contributed by atoms with van der Waals surface area (Å²) >= 11 is 11.8. The Hall–Kier alpha value is -1.65. The molecule has 2 heterocycles. The molecule has 6 heteroatoms. The summed E-state index contributed by atoms with van der Waals surface area (Å²) < 4.78 is 1.83. The molecule has 0 saturated heterocycles. The number of nitrogens with zero attached hydrogens (tertiary/aromatic N) is 4. The van der Waals surface area contributed by atoms with Crippen LogP contribution in [0.1, 0.15) is 0 Å². The molecular formula is C11H6Cl2N4. The first kappa shape index (κ1) is 10.5. The fourth-order valence-corrected chi connectivity index (χ4v) is 1.99. The lowest BCUT2D eigenvalue weighted by atomic mass is 10.3. The summed E-state index contributed by atoms with van der Waals surface area (Å²) in [7, 11) is 0. The number of para-hydroxylation sites is 2. The van der Waals surface area contributed by atoms with Crippen molar-refractivity contribution in [1.29, 1.82) is 0 Å². The molecule has 0 saturated carbocycles. The van der Waals surface area contributed by atoms with Crippen LogP contribution in [0.4, 0.5) is 0 Å². The first-order chi connectivity index (χ1) is 8.25. The summed E-state index contributed by atoms with van der Waals surface area (Å²) in [5.74, 6) is 0. The number of hydrogen-bond acceptors (Lipinski definition) is 3. The number of aromatic nitrogens is 4. The Balaban J connectivity index is 2.31. The molecule has 17 heavy (non-hydrogen) atoms. The van der Waals surface area contributed by atoms with E-state index in [4.69, 9.17) is 23.2 Å². The lowest BCUT2D eigenvalue weighted by molar-refractivity contribution is 0.984. The van der Waals surface area contributed by atoms with E-state index in [9.17, 15) is 0 Å². The van der Waals surface area contributed by atoms with E-state index in [0.29, 0.717) is 10.8 Å². The quantitative estimate of drug-likeness (QED) is 0.679. The van der Waals surface area contributed by atoms with Crippen LogP contribution in [0.15, 0.2) is 36.7 Å². The minimum Gasteiger partial charge on any atom is -0.296 e. The van der Waals surface area contributed by atoms with Gasteiger partial charge in [0.15, 0.2) is 10.3 Å². The van der Waals surface area contributed by atoms with Gasteiger partial charge in [0.05, 0.1) is 16.7 Å². The molecule has 3 aromatic rings. The van der Waals surface area contributed by atoms with Crippen molar-refractivity contribution in [2.75, 3.05) is 0 Å². The Morgan fingerprint density at radius 3 is 2.76 bits per heavy atom. The maximum Gasteiger partial charge on any atom is 0.175 e. The van der Waals surface area contributed by atoms with Gasteiger partial charge in [-0.05, 0) is 12.1 Å². The van der Waals surface area contributed by atoms with E-state index in [2.05, 4.69) is 15.2 Å². The zero-order chi connectivity index (χ0) is 11.8. The first-order valence-electron chi connectivity index (χ1n) is 4.87. The van der Waals surface area contributed by atoms with Crippen LogP contribution in [0.3, 0.4) is 0 Å². The molecule has 1 aromatic carbocycles. The second-order valence-corrected chi connectivity index (χ2v) is 4.19. The van der Waals surface area contributed by atoms with Crippen LogP contribution < -0.4 is 0 Å². The predicted molar refractivity (Wildman–Crippen MR) is 66.7 cm³/mol. The molecule has 0 aliphatic carbocycles. The van der Waals surface area contributed by atoms with Gasteiger partial charge in [-0.1, -0.05) is 35.3 Å². The van der Waals surface area contributed by atoms with Gasteiger partial charge in [0, 0.05) is 6.07 Å². The largest absolute Gasteiger partial charge is 0.296 e. The van der Waals surface area contributed by atoms with Crippen molar-refractivity contribution in [3.8, 4) is 5.69 Å². The Morgan fingerprint density at radius 2 is 1.88 bits per heavy atom. The van der Waals surface area contributed by atoms with Crippen LogP contribution >= 0.6 is 23.2 Å². The number of imidazole rings is 1. The second kappa shape index (κ2) is 3.98. The van der Waals surface area contributed by atoms with Crippen molar-refractivity contribution >= 4 is 34.2 Å². The highest BCUT2D eigenvalue weighted by atomic mass is 35.5. The lowest BCUT2D eigenvalue weighted by Crippen LogP contribution is -1.96. The molecule has 0 aliphatic rings. The van der Waals surface area contributed by atoms with E-state index in [0.717, 1.165) is 11.0 Å². The van der Waals surface area contributed by atoms with Gasteiger partial charge >= 0.3 is 0 Å². The van der Waals surface area contributed by atoms with Crippen molar-refractivity contribution < 1.29 is 0 Å². The van der Waals surface area contributed by atoms with E-state index in [1.807, 2.05) is 28.8 Å². The molecule has 0 bridgehead atoms. The summed E-state index contributed by atoms with van der Waals surface area (Å²) in [6.07, 6.45) is 1.68. The zero-order valence-corrected chi connectivity index (χ0v) is 10.0. The van der Waals surface area contributed by atoms with Crippen LogP contribution in [0.25, 0.3) is 16.7 Å². The average Bonchev–Trinajstić information content (AvgIpc) is 2.76. The Kier molecular flexibility index (Phi) is 2.46. The van der Waals surface area contributed by atoms with Gasteiger partial charge in [0.2, 0.25) is 0 Å². The Bertz CT molecular complexity index is 693. The maximum absolute atomic E-state index is 6.01. The highest BCUT2D eigenvalue weighted by Gasteiger charge is 2.09. The van der Waals surface area contributed by atoms with Gasteiger partial charge in [-0.25, -0.2) is 4.98 Å². The summed E-state index contributed by atoms with van der Waals surface area (Å²) in [5, 5.41) is 8.04. The van der Waals surface area contributed by atoms with E-state index in [-0.39, 0.29) is 5.15 Å². The zero-order valence-electron chi connectivity index (χ0n) is 8.51. The number of fused-ring (bicyclic) bond motifs is 1. The van der Waals surface area contributed by atoms with Crippen molar-refractivity contribution in [3.63, 3.8) is 0 Å². The highest BCUT2D eigenvalue weighted by molar-refractivity contribution is 6.32. The molecule has 0 fully saturated rings. The van der Waals surface area contributed by atoms with Gasteiger partial charge in [0.1, 0.15) is 6.33 Å².